The Morgan fingerprint density at radius 2 is 1.91 bits per heavy atom. The summed E-state index contributed by atoms with van der Waals surface area (Å²) in [6.07, 6.45) is 4.45. The number of ether oxygens (including phenoxy) is 1. The number of carbonyl (C=O) groups is 1. The number of nitrogens with zero attached hydrogens (tertiary/aromatic N) is 2. The number of phenolic OH excluding ortho intramolecular Hbond substituents is 1. The maximum absolute atomic E-state index is 13.6. The van der Waals surface area contributed by atoms with Crippen molar-refractivity contribution in [3.63, 3.8) is 0 Å². The van der Waals surface area contributed by atoms with Crippen molar-refractivity contribution in [3.8, 4) is 11.5 Å². The van der Waals surface area contributed by atoms with E-state index in [2.05, 4.69) is 28.8 Å². The van der Waals surface area contributed by atoms with E-state index < -0.39 is 6.04 Å². The van der Waals surface area contributed by atoms with E-state index in [1.54, 1.807) is 24.5 Å². The molecule has 2 saturated heterocycles. The zero-order valence-electron chi connectivity index (χ0n) is 18.5. The van der Waals surface area contributed by atoms with Crippen LogP contribution >= 0.6 is 0 Å². The Kier molecular flexibility index (Phi) is 5.98. The summed E-state index contributed by atoms with van der Waals surface area (Å²) in [6.45, 7) is 3.17. The predicted molar refractivity (Wildman–Crippen MR) is 124 cm³/mol. The summed E-state index contributed by atoms with van der Waals surface area (Å²) in [5, 5.41) is 10.6. The molecule has 7 heteroatoms. The molecule has 1 amide bonds. The number of carbonyl (C=O) groups excluding carboxylic acids is 1. The van der Waals surface area contributed by atoms with Gasteiger partial charge >= 0.3 is 0 Å². The van der Waals surface area contributed by atoms with Gasteiger partial charge in [-0.15, -0.1) is 0 Å². The molecule has 33 heavy (non-hydrogen) atoms. The first-order chi connectivity index (χ1) is 16.2. The van der Waals surface area contributed by atoms with Gasteiger partial charge in [-0.2, -0.15) is 0 Å². The number of hydrogen-bond acceptors (Lipinski definition) is 6. The number of likely N-dealkylation sites (tertiary alicyclic amines) is 1. The van der Waals surface area contributed by atoms with E-state index in [-0.39, 0.29) is 29.7 Å². The number of nitrogens with one attached hydrogen (secondary N) is 2. The summed E-state index contributed by atoms with van der Waals surface area (Å²) >= 11 is 0. The standard InChI is InChI=1S/C26H28N4O3/c1-2-13-33-19-9-5-8-18(14-19)25-22-23(20-10-3-4-11-21(20)31)28-29-24(22)26(32)30(25)16-17-7-6-12-27-15-17/h3-12,14-15,22-25,28-29,31H,2,13,16H2,1H3. The highest BCUT2D eigenvalue weighted by Gasteiger charge is 2.55. The van der Waals surface area contributed by atoms with Gasteiger partial charge in [0.15, 0.2) is 0 Å². The first kappa shape index (κ1) is 21.4. The Morgan fingerprint density at radius 1 is 1.06 bits per heavy atom. The third kappa shape index (κ3) is 4.05. The minimum absolute atomic E-state index is 0.0270. The van der Waals surface area contributed by atoms with Gasteiger partial charge in [0.05, 0.1) is 18.7 Å². The Hall–Kier alpha value is -3.42. The van der Waals surface area contributed by atoms with Crippen molar-refractivity contribution in [1.29, 1.82) is 0 Å². The number of aromatic hydroxyl groups is 1. The number of para-hydroxylation sites is 1. The van der Waals surface area contributed by atoms with Crippen LogP contribution in [0.3, 0.4) is 0 Å². The molecule has 4 unspecified atom stereocenters. The number of aromatic nitrogens is 1. The van der Waals surface area contributed by atoms with Crippen LogP contribution in [-0.4, -0.2) is 33.5 Å². The number of benzene rings is 2. The van der Waals surface area contributed by atoms with E-state index in [4.69, 9.17) is 4.74 Å². The van der Waals surface area contributed by atoms with Crippen LogP contribution in [0.5, 0.6) is 11.5 Å². The van der Waals surface area contributed by atoms with Crippen LogP contribution in [0.4, 0.5) is 0 Å². The summed E-state index contributed by atoms with van der Waals surface area (Å²) in [5.74, 6) is 0.919. The average Bonchev–Trinajstić information content (AvgIpc) is 3.38. The van der Waals surface area contributed by atoms with E-state index in [9.17, 15) is 9.90 Å². The third-order valence-corrected chi connectivity index (χ3v) is 6.43. The van der Waals surface area contributed by atoms with E-state index in [1.807, 2.05) is 47.4 Å². The molecule has 7 nitrogen and oxygen atoms in total. The van der Waals surface area contributed by atoms with Crippen LogP contribution in [0.1, 0.15) is 42.1 Å². The van der Waals surface area contributed by atoms with Crippen LogP contribution in [0.15, 0.2) is 73.1 Å². The van der Waals surface area contributed by atoms with Crippen molar-refractivity contribution in [2.75, 3.05) is 6.61 Å². The lowest BCUT2D eigenvalue weighted by Crippen LogP contribution is -2.41. The summed E-state index contributed by atoms with van der Waals surface area (Å²) in [6, 6.07) is 18.3. The van der Waals surface area contributed by atoms with Crippen molar-refractivity contribution in [3.05, 3.63) is 89.7 Å². The van der Waals surface area contributed by atoms with Gasteiger partial charge in [0.25, 0.3) is 0 Å². The normalized spacial score (nSPS) is 24.2. The number of rotatable bonds is 7. The lowest BCUT2D eigenvalue weighted by Gasteiger charge is -2.31. The van der Waals surface area contributed by atoms with Crippen molar-refractivity contribution in [2.24, 2.45) is 5.92 Å². The van der Waals surface area contributed by atoms with E-state index in [0.717, 1.165) is 28.9 Å². The highest BCUT2D eigenvalue weighted by atomic mass is 16.5. The molecule has 0 radical (unpaired) electrons. The molecule has 2 aliphatic rings. The minimum Gasteiger partial charge on any atom is -0.508 e. The molecule has 0 saturated carbocycles. The molecule has 0 spiro atoms. The second-order valence-corrected chi connectivity index (χ2v) is 8.57. The van der Waals surface area contributed by atoms with Crippen LogP contribution in [-0.2, 0) is 11.3 Å². The molecule has 4 atom stereocenters. The van der Waals surface area contributed by atoms with Crippen LogP contribution < -0.4 is 15.6 Å². The van der Waals surface area contributed by atoms with Crippen molar-refractivity contribution >= 4 is 5.91 Å². The molecule has 170 valence electrons. The largest absolute Gasteiger partial charge is 0.508 e. The van der Waals surface area contributed by atoms with Crippen molar-refractivity contribution in [2.45, 2.75) is 38.0 Å². The van der Waals surface area contributed by atoms with Gasteiger partial charge in [-0.3, -0.25) is 9.78 Å². The summed E-state index contributed by atoms with van der Waals surface area (Å²) in [4.78, 5) is 19.8. The molecule has 0 bridgehead atoms. The highest BCUT2D eigenvalue weighted by molar-refractivity contribution is 5.86. The zero-order valence-corrected chi connectivity index (χ0v) is 18.5. The topological polar surface area (TPSA) is 86.7 Å². The Bertz CT molecular complexity index is 1120. The van der Waals surface area contributed by atoms with Crippen LogP contribution in [0.2, 0.25) is 0 Å². The number of hydrazine groups is 1. The van der Waals surface area contributed by atoms with Crippen LogP contribution in [0, 0.1) is 5.92 Å². The average molecular weight is 445 g/mol. The fourth-order valence-corrected chi connectivity index (χ4v) is 4.99. The van der Waals surface area contributed by atoms with Gasteiger partial charge in [-0.05, 0) is 41.8 Å². The number of hydrogen-bond donors (Lipinski definition) is 3. The molecule has 2 aliphatic heterocycles. The SMILES string of the molecule is CCCOc1cccc(C2C3C(NNC3c3ccccc3O)C(=O)N2Cc2cccnc2)c1. The van der Waals surface area contributed by atoms with Gasteiger partial charge in [0.2, 0.25) is 5.91 Å². The van der Waals surface area contributed by atoms with Crippen molar-refractivity contribution in [1.82, 2.24) is 20.7 Å². The molecule has 5 rings (SSSR count). The van der Waals surface area contributed by atoms with E-state index in [1.165, 1.54) is 0 Å². The maximum atomic E-state index is 13.6. The molecule has 0 aliphatic carbocycles. The predicted octanol–water partition coefficient (Wildman–Crippen LogP) is 3.49. The number of pyridine rings is 1. The first-order valence-corrected chi connectivity index (χ1v) is 11.4. The number of fused-ring (bicyclic) bond motifs is 1. The Balaban J connectivity index is 1.56. The van der Waals surface area contributed by atoms with Gasteiger partial charge in [-0.25, -0.2) is 10.9 Å². The Labute approximate surface area is 193 Å². The van der Waals surface area contributed by atoms with Gasteiger partial charge in [0, 0.05) is 30.4 Å². The first-order valence-electron chi connectivity index (χ1n) is 11.4. The molecule has 3 aromatic rings. The van der Waals surface area contributed by atoms with Gasteiger partial charge in [-0.1, -0.05) is 43.3 Å². The number of amides is 1. The second kappa shape index (κ2) is 9.21. The summed E-state index contributed by atoms with van der Waals surface area (Å²) in [5.41, 5.74) is 9.25. The molecule has 2 fully saturated rings. The molecular formula is C26H28N4O3. The van der Waals surface area contributed by atoms with Crippen LogP contribution in [0.25, 0.3) is 0 Å². The second-order valence-electron chi connectivity index (χ2n) is 8.57. The zero-order chi connectivity index (χ0) is 22.8. The monoisotopic (exact) mass is 444 g/mol. The maximum Gasteiger partial charge on any atom is 0.242 e. The molecule has 3 N–H and O–H groups in total. The number of phenols is 1. The Morgan fingerprint density at radius 3 is 2.70 bits per heavy atom. The van der Waals surface area contributed by atoms with Crippen molar-refractivity contribution < 1.29 is 14.6 Å². The smallest absolute Gasteiger partial charge is 0.242 e. The third-order valence-electron chi connectivity index (χ3n) is 6.43. The summed E-state index contributed by atoms with van der Waals surface area (Å²) < 4.78 is 5.89. The molecule has 2 aromatic carbocycles. The molecule has 1 aromatic heterocycles. The minimum atomic E-state index is -0.406. The van der Waals surface area contributed by atoms with E-state index in [0.29, 0.717) is 13.2 Å². The van der Waals surface area contributed by atoms with Gasteiger partial charge < -0.3 is 14.7 Å². The fraction of sp³-hybridized carbons (Fsp3) is 0.308. The lowest BCUT2D eigenvalue weighted by molar-refractivity contribution is -0.131. The highest BCUT2D eigenvalue weighted by Crippen LogP contribution is 2.49. The molecule has 3 heterocycles. The van der Waals surface area contributed by atoms with Gasteiger partial charge in [0.1, 0.15) is 17.5 Å². The summed E-state index contributed by atoms with van der Waals surface area (Å²) in [7, 11) is 0. The quantitative estimate of drug-likeness (QED) is 0.517. The lowest BCUT2D eigenvalue weighted by atomic mass is 9.83. The fourth-order valence-electron chi connectivity index (χ4n) is 4.99. The van der Waals surface area contributed by atoms with E-state index >= 15 is 0 Å². The molecular weight excluding hydrogens is 416 g/mol.